The van der Waals surface area contributed by atoms with Crippen molar-refractivity contribution in [3.05, 3.63) is 0 Å². The molecular formula is C15H16O5. The van der Waals surface area contributed by atoms with E-state index in [9.17, 15) is 14.4 Å². The topological polar surface area (TPSA) is 69.7 Å². The summed E-state index contributed by atoms with van der Waals surface area (Å²) in [5.41, 5.74) is 0. The predicted octanol–water partition coefficient (Wildman–Crippen LogP) is 0.766. The van der Waals surface area contributed by atoms with Gasteiger partial charge >= 0.3 is 11.9 Å². The average Bonchev–Trinajstić information content (AvgIpc) is 2.77. The van der Waals surface area contributed by atoms with Crippen LogP contribution in [0.15, 0.2) is 0 Å². The molecule has 5 fully saturated rings. The summed E-state index contributed by atoms with van der Waals surface area (Å²) in [4.78, 5) is 35.6. The van der Waals surface area contributed by atoms with Crippen molar-refractivity contribution >= 4 is 17.7 Å². The molecule has 0 aliphatic heterocycles. The number of esters is 2. The van der Waals surface area contributed by atoms with Crippen molar-refractivity contribution in [1.82, 2.24) is 0 Å². The van der Waals surface area contributed by atoms with Crippen LogP contribution < -0.4 is 0 Å². The van der Waals surface area contributed by atoms with E-state index in [-0.39, 0.29) is 23.7 Å². The Morgan fingerprint density at radius 3 is 2.25 bits per heavy atom. The lowest BCUT2D eigenvalue weighted by molar-refractivity contribution is -0.280. The van der Waals surface area contributed by atoms with Crippen LogP contribution in [0.25, 0.3) is 0 Å². The Labute approximate surface area is 116 Å². The fourth-order valence-corrected chi connectivity index (χ4v) is 6.86. The number of ketones is 1. The summed E-state index contributed by atoms with van der Waals surface area (Å²) in [5, 5.41) is 0. The molecule has 2 bridgehead atoms. The molecule has 5 rings (SSSR count). The normalized spacial score (nSPS) is 54.2. The highest BCUT2D eigenvalue weighted by atomic mass is 16.7. The van der Waals surface area contributed by atoms with E-state index in [0.29, 0.717) is 29.5 Å². The monoisotopic (exact) mass is 276 g/mol. The van der Waals surface area contributed by atoms with E-state index in [0.717, 1.165) is 6.42 Å². The number of ether oxygens (including phenoxy) is 2. The maximum absolute atomic E-state index is 12.5. The van der Waals surface area contributed by atoms with E-state index >= 15 is 0 Å². The summed E-state index contributed by atoms with van der Waals surface area (Å²) in [6, 6.07) is 0. The molecule has 5 nitrogen and oxygen atoms in total. The zero-order valence-electron chi connectivity index (χ0n) is 11.4. The molecule has 0 amide bonds. The quantitative estimate of drug-likeness (QED) is 0.550. The molecule has 5 aliphatic carbocycles. The summed E-state index contributed by atoms with van der Waals surface area (Å²) in [6.45, 7) is 2.70. The minimum absolute atomic E-state index is 0.0301. The second-order valence-corrected chi connectivity index (χ2v) is 7.13. The summed E-state index contributed by atoms with van der Waals surface area (Å²) in [5.74, 6) is -0.108. The molecule has 0 unspecified atom stereocenters. The summed E-state index contributed by atoms with van der Waals surface area (Å²) >= 11 is 0. The van der Waals surface area contributed by atoms with Gasteiger partial charge in [-0.3, -0.25) is 14.4 Å². The van der Waals surface area contributed by atoms with Crippen LogP contribution in [0.5, 0.6) is 0 Å². The Morgan fingerprint density at radius 2 is 1.65 bits per heavy atom. The zero-order chi connectivity index (χ0) is 14.0. The lowest BCUT2D eigenvalue weighted by Gasteiger charge is -2.50. The van der Waals surface area contributed by atoms with Crippen LogP contribution in [0.2, 0.25) is 0 Å². The van der Waals surface area contributed by atoms with Gasteiger partial charge in [-0.25, -0.2) is 0 Å². The van der Waals surface area contributed by atoms with Crippen molar-refractivity contribution in [1.29, 1.82) is 0 Å². The average molecular weight is 276 g/mol. The Balaban J connectivity index is 1.67. The predicted molar refractivity (Wildman–Crippen MR) is 63.8 cm³/mol. The van der Waals surface area contributed by atoms with Gasteiger partial charge in [-0.2, -0.15) is 0 Å². The molecule has 20 heavy (non-hydrogen) atoms. The zero-order valence-corrected chi connectivity index (χ0v) is 11.4. The van der Waals surface area contributed by atoms with Gasteiger partial charge in [-0.05, 0) is 30.1 Å². The highest BCUT2D eigenvalue weighted by molar-refractivity contribution is 5.92. The maximum Gasteiger partial charge on any atom is 0.305 e. The number of hydrogen-bond acceptors (Lipinski definition) is 5. The summed E-state index contributed by atoms with van der Waals surface area (Å²) in [6.07, 6.45) is 1.05. The number of rotatable bonds is 2. The molecule has 0 aromatic heterocycles. The fraction of sp³-hybridized carbons (Fsp3) is 0.800. The van der Waals surface area contributed by atoms with Crippen molar-refractivity contribution < 1.29 is 23.9 Å². The van der Waals surface area contributed by atoms with Crippen LogP contribution in [0.1, 0.15) is 20.3 Å². The van der Waals surface area contributed by atoms with Crippen molar-refractivity contribution in [3.8, 4) is 0 Å². The molecule has 5 heteroatoms. The van der Waals surface area contributed by atoms with Gasteiger partial charge in [0.15, 0.2) is 0 Å². The third kappa shape index (κ3) is 0.860. The Kier molecular flexibility index (Phi) is 1.66. The van der Waals surface area contributed by atoms with Crippen molar-refractivity contribution in [2.75, 3.05) is 0 Å². The molecule has 0 radical (unpaired) electrons. The second-order valence-electron chi connectivity index (χ2n) is 7.13. The molecular weight excluding hydrogens is 260 g/mol. The van der Waals surface area contributed by atoms with E-state index < -0.39 is 17.7 Å². The van der Waals surface area contributed by atoms with Gasteiger partial charge in [0.1, 0.15) is 5.78 Å². The lowest BCUT2D eigenvalue weighted by atomic mass is 9.58. The SMILES string of the molecule is CC(=O)OC1(OC(C)=O)[C@@H]2[C@H]3C[C@H]4[C@@H]2C(=O)[C@@H]2[C@@H]4[C@H]3[C@@H]21. The van der Waals surface area contributed by atoms with Gasteiger partial charge in [0, 0.05) is 31.6 Å². The van der Waals surface area contributed by atoms with Crippen molar-refractivity contribution in [2.45, 2.75) is 26.1 Å². The fourth-order valence-electron chi connectivity index (χ4n) is 6.86. The van der Waals surface area contributed by atoms with Gasteiger partial charge in [0.2, 0.25) is 0 Å². The summed E-state index contributed by atoms with van der Waals surface area (Å²) < 4.78 is 11.2. The molecule has 0 spiro atoms. The molecule has 5 aliphatic rings. The van der Waals surface area contributed by atoms with Gasteiger partial charge in [0.05, 0.1) is 5.92 Å². The molecule has 5 saturated carbocycles. The van der Waals surface area contributed by atoms with Crippen LogP contribution in [-0.2, 0) is 23.9 Å². The van der Waals surface area contributed by atoms with E-state index in [1.807, 2.05) is 0 Å². The molecule has 0 aromatic carbocycles. The molecule has 106 valence electrons. The van der Waals surface area contributed by atoms with Gasteiger partial charge in [0.25, 0.3) is 5.79 Å². The lowest BCUT2D eigenvalue weighted by Crippen LogP contribution is -2.61. The molecule has 0 N–H and O–H groups in total. The maximum atomic E-state index is 12.5. The highest BCUT2D eigenvalue weighted by Gasteiger charge is 2.90. The first-order chi connectivity index (χ1) is 9.47. The first kappa shape index (κ1) is 11.3. The number of carbonyl (C=O) groups is 3. The van der Waals surface area contributed by atoms with Crippen LogP contribution in [0.4, 0.5) is 0 Å². The van der Waals surface area contributed by atoms with Crippen molar-refractivity contribution in [2.24, 2.45) is 47.3 Å². The molecule has 0 saturated heterocycles. The smallest absolute Gasteiger partial charge is 0.305 e. The largest absolute Gasteiger partial charge is 0.422 e. The van der Waals surface area contributed by atoms with Crippen LogP contribution >= 0.6 is 0 Å². The third-order valence-electron chi connectivity index (χ3n) is 6.70. The summed E-state index contributed by atoms with van der Waals surface area (Å²) in [7, 11) is 0. The minimum Gasteiger partial charge on any atom is -0.422 e. The minimum atomic E-state index is -1.14. The Morgan fingerprint density at radius 1 is 1.00 bits per heavy atom. The molecule has 0 aromatic rings. The Hall–Kier alpha value is -1.39. The van der Waals surface area contributed by atoms with Gasteiger partial charge in [-0.1, -0.05) is 0 Å². The second kappa shape index (κ2) is 2.95. The van der Waals surface area contributed by atoms with E-state index in [4.69, 9.17) is 9.47 Å². The standard InChI is InChI=1S/C15H16O5/c1-4(16)19-15(20-5(2)17)12-7-3-6-8-9(7)13(15)11(8)14(18)10(6)12/h6-13H,3H2,1-2H3/t6-,7+,8+,9+,10+,11-,12-,13+/m1/s1. The number of hydrogen-bond donors (Lipinski definition) is 0. The molecule has 0 heterocycles. The Bertz CT molecular complexity index is 565. The van der Waals surface area contributed by atoms with Gasteiger partial charge < -0.3 is 9.47 Å². The van der Waals surface area contributed by atoms with Crippen molar-refractivity contribution in [3.63, 3.8) is 0 Å². The van der Waals surface area contributed by atoms with E-state index in [1.54, 1.807) is 0 Å². The van der Waals surface area contributed by atoms with Crippen LogP contribution in [0, 0.1) is 47.3 Å². The highest BCUT2D eigenvalue weighted by Crippen LogP contribution is 2.84. The van der Waals surface area contributed by atoms with Crippen LogP contribution in [-0.4, -0.2) is 23.5 Å². The number of fused-ring (bicyclic) bond motifs is 2. The van der Waals surface area contributed by atoms with E-state index in [2.05, 4.69) is 0 Å². The van der Waals surface area contributed by atoms with Gasteiger partial charge in [-0.15, -0.1) is 0 Å². The first-order valence-electron chi connectivity index (χ1n) is 7.40. The number of Topliss-reactive ketones (excluding diaryl/α,β-unsaturated/α-hetero) is 1. The van der Waals surface area contributed by atoms with E-state index in [1.165, 1.54) is 13.8 Å². The third-order valence-corrected chi connectivity index (χ3v) is 6.70. The van der Waals surface area contributed by atoms with Crippen LogP contribution in [0.3, 0.4) is 0 Å². The molecule has 8 atom stereocenters. The first-order valence-corrected chi connectivity index (χ1v) is 7.40. The number of carbonyl (C=O) groups excluding carboxylic acids is 3.